The van der Waals surface area contributed by atoms with Crippen molar-refractivity contribution in [2.45, 2.75) is 12.2 Å². The molecule has 116 valence electrons. The van der Waals surface area contributed by atoms with Crippen LogP contribution in [-0.2, 0) is 10.4 Å². The van der Waals surface area contributed by atoms with Gasteiger partial charge < -0.3 is 15.6 Å². The average molecular weight is 311 g/mol. The van der Waals surface area contributed by atoms with Gasteiger partial charge in [-0.15, -0.1) is 0 Å². The smallest absolute Gasteiger partial charge is 0.387 e. The summed E-state index contributed by atoms with van der Waals surface area (Å²) in [4.78, 5) is 11.7. The van der Waals surface area contributed by atoms with E-state index in [4.69, 9.17) is 5.73 Å². The fourth-order valence-electron chi connectivity index (χ4n) is 2.08. The van der Waals surface area contributed by atoms with Gasteiger partial charge in [-0.05, 0) is 17.7 Å². The molecule has 0 aliphatic rings. The van der Waals surface area contributed by atoms with E-state index in [1.165, 1.54) is 24.3 Å². The largest absolute Gasteiger partial charge is 0.435 e. The molecule has 0 aliphatic heterocycles. The van der Waals surface area contributed by atoms with Crippen LogP contribution in [0.25, 0.3) is 0 Å². The van der Waals surface area contributed by atoms with E-state index in [0.29, 0.717) is 6.07 Å². The summed E-state index contributed by atoms with van der Waals surface area (Å²) in [5.74, 6) is -2.72. The maximum absolute atomic E-state index is 14.1. The summed E-state index contributed by atoms with van der Waals surface area (Å²) in [5.41, 5.74) is 2.40. The number of halogens is 3. The van der Waals surface area contributed by atoms with Crippen molar-refractivity contribution in [3.8, 4) is 5.75 Å². The van der Waals surface area contributed by atoms with E-state index in [1.807, 2.05) is 0 Å². The van der Waals surface area contributed by atoms with Crippen molar-refractivity contribution >= 4 is 5.91 Å². The molecule has 0 aromatic heterocycles. The zero-order chi connectivity index (χ0) is 16.3. The highest BCUT2D eigenvalue weighted by Crippen LogP contribution is 2.33. The fourth-order valence-corrected chi connectivity index (χ4v) is 2.08. The van der Waals surface area contributed by atoms with E-state index in [-0.39, 0.29) is 5.56 Å². The lowest BCUT2D eigenvalue weighted by atomic mass is 9.85. The molecule has 0 saturated heterocycles. The zero-order valence-corrected chi connectivity index (χ0v) is 11.2. The highest BCUT2D eigenvalue weighted by Gasteiger charge is 2.40. The van der Waals surface area contributed by atoms with Gasteiger partial charge in [0.1, 0.15) is 11.6 Å². The first-order valence-electron chi connectivity index (χ1n) is 6.18. The average Bonchev–Trinajstić information content (AvgIpc) is 2.46. The first-order chi connectivity index (χ1) is 10.4. The van der Waals surface area contributed by atoms with Crippen molar-refractivity contribution in [2.24, 2.45) is 5.73 Å². The molecule has 2 aromatic rings. The Morgan fingerprint density at radius 1 is 1.18 bits per heavy atom. The Hall–Kier alpha value is -2.54. The SMILES string of the molecule is NC(=O)C(O)(c1ccccc1)c1ccc(OC(F)F)cc1F. The third kappa shape index (κ3) is 2.89. The number of benzene rings is 2. The topological polar surface area (TPSA) is 72.6 Å². The van der Waals surface area contributed by atoms with E-state index in [2.05, 4.69) is 4.74 Å². The second-order valence-corrected chi connectivity index (χ2v) is 4.46. The molecular formula is C15H12F3NO3. The first kappa shape index (κ1) is 15.8. The van der Waals surface area contributed by atoms with Gasteiger partial charge in [0, 0.05) is 11.6 Å². The molecule has 2 rings (SSSR count). The number of nitrogens with two attached hydrogens (primary N) is 1. The maximum atomic E-state index is 14.1. The van der Waals surface area contributed by atoms with Crippen LogP contribution in [0.1, 0.15) is 11.1 Å². The van der Waals surface area contributed by atoms with Gasteiger partial charge in [-0.3, -0.25) is 4.79 Å². The predicted molar refractivity (Wildman–Crippen MR) is 71.7 cm³/mol. The van der Waals surface area contributed by atoms with Gasteiger partial charge in [0.25, 0.3) is 5.91 Å². The number of alkyl halides is 2. The molecule has 1 atom stereocenters. The molecule has 1 unspecified atom stereocenters. The summed E-state index contributed by atoms with van der Waals surface area (Å²) >= 11 is 0. The molecule has 22 heavy (non-hydrogen) atoms. The lowest BCUT2D eigenvalue weighted by molar-refractivity contribution is -0.133. The van der Waals surface area contributed by atoms with Crippen molar-refractivity contribution in [2.75, 3.05) is 0 Å². The molecular weight excluding hydrogens is 299 g/mol. The number of ether oxygens (including phenoxy) is 1. The van der Waals surface area contributed by atoms with Crippen LogP contribution in [0.15, 0.2) is 48.5 Å². The summed E-state index contributed by atoms with van der Waals surface area (Å²) in [7, 11) is 0. The lowest BCUT2D eigenvalue weighted by Crippen LogP contribution is -2.42. The Labute approximate surface area is 123 Å². The van der Waals surface area contributed by atoms with Gasteiger partial charge in [0.15, 0.2) is 5.60 Å². The number of rotatable bonds is 5. The van der Waals surface area contributed by atoms with Gasteiger partial charge >= 0.3 is 6.61 Å². The number of amides is 1. The quantitative estimate of drug-likeness (QED) is 0.888. The van der Waals surface area contributed by atoms with Crippen molar-refractivity contribution in [1.82, 2.24) is 0 Å². The molecule has 0 bridgehead atoms. The number of hydrogen-bond donors (Lipinski definition) is 2. The normalized spacial score (nSPS) is 13.7. The van der Waals surface area contributed by atoms with Gasteiger partial charge in [0.05, 0.1) is 0 Å². The third-order valence-corrected chi connectivity index (χ3v) is 3.10. The highest BCUT2D eigenvalue weighted by molar-refractivity contribution is 5.88. The van der Waals surface area contributed by atoms with Crippen molar-refractivity contribution < 1.29 is 27.8 Å². The van der Waals surface area contributed by atoms with Crippen molar-refractivity contribution in [1.29, 1.82) is 0 Å². The maximum Gasteiger partial charge on any atom is 0.387 e. The molecule has 7 heteroatoms. The molecule has 0 spiro atoms. The number of carbonyl (C=O) groups is 1. The third-order valence-electron chi connectivity index (χ3n) is 3.10. The lowest BCUT2D eigenvalue weighted by Gasteiger charge is -2.26. The second kappa shape index (κ2) is 6.07. The Kier molecular flexibility index (Phi) is 4.37. The van der Waals surface area contributed by atoms with Gasteiger partial charge in [-0.25, -0.2) is 4.39 Å². The summed E-state index contributed by atoms with van der Waals surface area (Å²) in [6.07, 6.45) is 0. The van der Waals surface area contributed by atoms with Crippen molar-refractivity contribution in [3.63, 3.8) is 0 Å². The van der Waals surface area contributed by atoms with Crippen LogP contribution in [-0.4, -0.2) is 17.6 Å². The fraction of sp³-hybridized carbons (Fsp3) is 0.133. The summed E-state index contributed by atoms with van der Waals surface area (Å²) in [6, 6.07) is 10.2. The Morgan fingerprint density at radius 2 is 1.82 bits per heavy atom. The van der Waals surface area contributed by atoms with Crippen LogP contribution in [0.3, 0.4) is 0 Å². The minimum absolute atomic E-state index is 0.0592. The molecule has 2 aromatic carbocycles. The molecule has 0 saturated carbocycles. The molecule has 0 radical (unpaired) electrons. The predicted octanol–water partition coefficient (Wildman–Crippen LogP) is 2.15. The van der Waals surface area contributed by atoms with Crippen LogP contribution >= 0.6 is 0 Å². The summed E-state index contributed by atoms with van der Waals surface area (Å²) in [6.45, 7) is -3.12. The monoisotopic (exact) mass is 311 g/mol. The first-order valence-corrected chi connectivity index (χ1v) is 6.18. The molecule has 3 N–H and O–H groups in total. The Morgan fingerprint density at radius 3 is 2.32 bits per heavy atom. The van der Waals surface area contributed by atoms with Crippen LogP contribution in [0.5, 0.6) is 5.75 Å². The molecule has 0 heterocycles. The van der Waals surface area contributed by atoms with E-state index in [1.54, 1.807) is 6.07 Å². The summed E-state index contributed by atoms with van der Waals surface area (Å²) < 4.78 is 42.4. The Balaban J connectivity index is 2.53. The van der Waals surface area contributed by atoms with E-state index in [0.717, 1.165) is 12.1 Å². The van der Waals surface area contributed by atoms with E-state index >= 15 is 0 Å². The van der Waals surface area contributed by atoms with Gasteiger partial charge in [-0.1, -0.05) is 30.3 Å². The standard InChI is InChI=1S/C15H12F3NO3/c16-12-8-10(22-14(17)18)6-7-11(12)15(21,13(19)20)9-4-2-1-3-5-9/h1-8,14,21H,(H2,19,20). The van der Waals surface area contributed by atoms with E-state index < -0.39 is 35.2 Å². The van der Waals surface area contributed by atoms with Crippen LogP contribution < -0.4 is 10.5 Å². The molecule has 1 amide bonds. The van der Waals surface area contributed by atoms with Crippen molar-refractivity contribution in [3.05, 3.63) is 65.5 Å². The number of hydrogen-bond acceptors (Lipinski definition) is 3. The van der Waals surface area contributed by atoms with Crippen LogP contribution in [0.4, 0.5) is 13.2 Å². The molecule has 0 aliphatic carbocycles. The second-order valence-electron chi connectivity index (χ2n) is 4.46. The van der Waals surface area contributed by atoms with Crippen LogP contribution in [0.2, 0.25) is 0 Å². The molecule has 4 nitrogen and oxygen atoms in total. The van der Waals surface area contributed by atoms with Crippen LogP contribution in [0, 0.1) is 5.82 Å². The minimum Gasteiger partial charge on any atom is -0.435 e. The number of aliphatic hydroxyl groups is 1. The van der Waals surface area contributed by atoms with E-state index in [9.17, 15) is 23.1 Å². The molecule has 0 fully saturated rings. The van der Waals surface area contributed by atoms with Gasteiger partial charge in [-0.2, -0.15) is 8.78 Å². The Bertz CT molecular complexity index is 679. The van der Waals surface area contributed by atoms with Gasteiger partial charge in [0.2, 0.25) is 0 Å². The summed E-state index contributed by atoms with van der Waals surface area (Å²) in [5, 5.41) is 10.6. The highest BCUT2D eigenvalue weighted by atomic mass is 19.3. The number of carbonyl (C=O) groups excluding carboxylic acids is 1. The minimum atomic E-state index is -3.12. The zero-order valence-electron chi connectivity index (χ0n) is 11.2. The number of primary amides is 1.